The van der Waals surface area contributed by atoms with E-state index in [1.54, 1.807) is 19.1 Å². The summed E-state index contributed by atoms with van der Waals surface area (Å²) < 4.78 is 26.9. The summed E-state index contributed by atoms with van der Waals surface area (Å²) in [5.74, 6) is -0.291. The van der Waals surface area contributed by atoms with Crippen molar-refractivity contribution in [2.45, 2.75) is 25.8 Å². The van der Waals surface area contributed by atoms with Crippen LogP contribution in [0.2, 0.25) is 0 Å². The van der Waals surface area contributed by atoms with Gasteiger partial charge in [0, 0.05) is 25.6 Å². The van der Waals surface area contributed by atoms with Gasteiger partial charge in [0.2, 0.25) is 15.9 Å². The van der Waals surface area contributed by atoms with Gasteiger partial charge >= 0.3 is 6.03 Å². The minimum atomic E-state index is -3.39. The highest BCUT2D eigenvalue weighted by molar-refractivity contribution is 7.89. The summed E-state index contributed by atoms with van der Waals surface area (Å²) in [6.45, 7) is 2.54. The van der Waals surface area contributed by atoms with Crippen molar-refractivity contribution in [3.63, 3.8) is 0 Å². The first-order valence-corrected chi connectivity index (χ1v) is 9.81. The minimum absolute atomic E-state index is 0.0225. The molecule has 1 aliphatic rings. The number of nitrogens with one attached hydrogen (secondary N) is 2. The van der Waals surface area contributed by atoms with E-state index < -0.39 is 16.1 Å². The molecule has 0 saturated carbocycles. The first-order chi connectivity index (χ1) is 11.9. The largest absolute Gasteiger partial charge is 0.324 e. The van der Waals surface area contributed by atoms with E-state index in [2.05, 4.69) is 10.0 Å². The molecule has 1 heterocycles. The van der Waals surface area contributed by atoms with E-state index in [1.807, 2.05) is 30.3 Å². The van der Waals surface area contributed by atoms with E-state index in [0.717, 1.165) is 5.56 Å². The van der Waals surface area contributed by atoms with Crippen LogP contribution in [0, 0.1) is 0 Å². The zero-order chi connectivity index (χ0) is 18.3. The Labute approximate surface area is 148 Å². The number of urea groups is 1. The summed E-state index contributed by atoms with van der Waals surface area (Å²) in [4.78, 5) is 24.1. The molecule has 0 aromatic heterocycles. The van der Waals surface area contributed by atoms with Crippen LogP contribution in [0.5, 0.6) is 0 Å². The van der Waals surface area contributed by atoms with Crippen LogP contribution in [0.1, 0.15) is 31.4 Å². The van der Waals surface area contributed by atoms with Gasteiger partial charge < -0.3 is 4.90 Å². The first kappa shape index (κ1) is 19.1. The molecule has 8 heteroatoms. The van der Waals surface area contributed by atoms with E-state index in [9.17, 15) is 18.0 Å². The number of benzene rings is 1. The topological polar surface area (TPSA) is 95.6 Å². The van der Waals surface area contributed by atoms with Crippen molar-refractivity contribution >= 4 is 22.0 Å². The summed E-state index contributed by atoms with van der Waals surface area (Å²) >= 11 is 0. The number of carbonyl (C=O) groups excluding carboxylic acids is 2. The predicted molar refractivity (Wildman–Crippen MR) is 95.3 cm³/mol. The number of imide groups is 1. The number of nitrogens with zero attached hydrogens (tertiary/aromatic N) is 1. The molecule has 1 aromatic carbocycles. The predicted octanol–water partition coefficient (Wildman–Crippen LogP) is 1.56. The van der Waals surface area contributed by atoms with E-state index in [1.165, 1.54) is 4.90 Å². The Bertz CT molecular complexity index is 732. The van der Waals surface area contributed by atoms with Gasteiger partial charge in [0.05, 0.1) is 5.75 Å². The van der Waals surface area contributed by atoms with Crippen molar-refractivity contribution in [2.24, 2.45) is 0 Å². The van der Waals surface area contributed by atoms with Gasteiger partial charge in [0.15, 0.2) is 0 Å². The van der Waals surface area contributed by atoms with Gasteiger partial charge in [-0.25, -0.2) is 17.9 Å². The molecule has 0 spiro atoms. The molecular weight excluding hydrogens is 342 g/mol. The van der Waals surface area contributed by atoms with Crippen LogP contribution in [-0.4, -0.2) is 44.1 Å². The van der Waals surface area contributed by atoms with Crippen LogP contribution >= 0.6 is 0 Å². The molecule has 7 nitrogen and oxygen atoms in total. The van der Waals surface area contributed by atoms with Crippen molar-refractivity contribution in [2.75, 3.05) is 18.8 Å². The Morgan fingerprint density at radius 1 is 1.24 bits per heavy atom. The van der Waals surface area contributed by atoms with Crippen LogP contribution in [0.4, 0.5) is 4.79 Å². The third-order valence-corrected chi connectivity index (χ3v) is 5.33. The van der Waals surface area contributed by atoms with Crippen LogP contribution in [0.15, 0.2) is 42.5 Å². The zero-order valence-corrected chi connectivity index (χ0v) is 15.0. The highest BCUT2D eigenvalue weighted by atomic mass is 32.2. The smallest absolute Gasteiger partial charge is 0.320 e. The molecule has 25 heavy (non-hydrogen) atoms. The lowest BCUT2D eigenvalue weighted by Gasteiger charge is -2.25. The molecule has 1 saturated heterocycles. The van der Waals surface area contributed by atoms with Gasteiger partial charge in [-0.15, -0.1) is 0 Å². The molecule has 0 aliphatic carbocycles. The SMILES string of the molecule is C[C@@H](NS(=O)(=O)CC/C=C\CN1CCC(=O)NC1=O)c1ccccc1. The maximum Gasteiger partial charge on any atom is 0.324 e. The summed E-state index contributed by atoms with van der Waals surface area (Å²) in [6.07, 6.45) is 4.11. The molecule has 2 rings (SSSR count). The number of amides is 3. The van der Waals surface area contributed by atoms with Crippen LogP contribution in [0.3, 0.4) is 0 Å². The van der Waals surface area contributed by atoms with Crippen LogP contribution in [0.25, 0.3) is 0 Å². The number of allylic oxidation sites excluding steroid dienone is 1. The fourth-order valence-electron chi connectivity index (χ4n) is 2.45. The van der Waals surface area contributed by atoms with Crippen molar-refractivity contribution in [1.82, 2.24) is 14.9 Å². The number of hydrogen-bond donors (Lipinski definition) is 2. The second kappa shape index (κ2) is 8.77. The number of rotatable bonds is 8. The Morgan fingerprint density at radius 2 is 1.96 bits per heavy atom. The number of carbonyl (C=O) groups is 2. The summed E-state index contributed by atoms with van der Waals surface area (Å²) in [7, 11) is -3.39. The lowest BCUT2D eigenvalue weighted by atomic mass is 10.1. The van der Waals surface area contributed by atoms with Gasteiger partial charge in [-0.3, -0.25) is 10.1 Å². The molecule has 1 aromatic rings. The molecule has 136 valence electrons. The molecule has 0 radical (unpaired) electrons. The lowest BCUT2D eigenvalue weighted by Crippen LogP contribution is -2.49. The standard InChI is InChI=1S/C17H23N3O4S/c1-14(15-8-4-2-5-9-15)19-25(23,24)13-7-3-6-11-20-12-10-16(21)18-17(20)22/h2-6,8-9,14,19H,7,10-13H2,1H3,(H,18,21,22)/b6-3-/t14-/m1/s1. The third-order valence-electron chi connectivity index (χ3n) is 3.84. The molecule has 1 aliphatic heterocycles. The van der Waals surface area contributed by atoms with Crippen molar-refractivity contribution in [3.05, 3.63) is 48.0 Å². The molecule has 1 atom stereocenters. The normalized spacial score (nSPS) is 16.9. The average molecular weight is 365 g/mol. The van der Waals surface area contributed by atoms with Gasteiger partial charge in [-0.05, 0) is 18.9 Å². The molecule has 2 N–H and O–H groups in total. The van der Waals surface area contributed by atoms with Crippen molar-refractivity contribution < 1.29 is 18.0 Å². The molecule has 3 amide bonds. The quantitative estimate of drug-likeness (QED) is 0.683. The molecule has 0 bridgehead atoms. The van der Waals surface area contributed by atoms with Crippen LogP contribution < -0.4 is 10.0 Å². The zero-order valence-electron chi connectivity index (χ0n) is 14.1. The maximum absolute atomic E-state index is 12.1. The Morgan fingerprint density at radius 3 is 2.64 bits per heavy atom. The molecular formula is C17H23N3O4S. The van der Waals surface area contributed by atoms with Gasteiger partial charge in [-0.1, -0.05) is 42.5 Å². The van der Waals surface area contributed by atoms with E-state index >= 15 is 0 Å². The minimum Gasteiger partial charge on any atom is -0.320 e. The first-order valence-electron chi connectivity index (χ1n) is 8.16. The van der Waals surface area contributed by atoms with Crippen LogP contribution in [-0.2, 0) is 14.8 Å². The highest BCUT2D eigenvalue weighted by Gasteiger charge is 2.21. The van der Waals surface area contributed by atoms with Gasteiger partial charge in [-0.2, -0.15) is 0 Å². The van der Waals surface area contributed by atoms with Gasteiger partial charge in [0.1, 0.15) is 0 Å². The summed E-state index contributed by atoms with van der Waals surface area (Å²) in [6, 6.07) is 8.67. The average Bonchev–Trinajstić information content (AvgIpc) is 2.56. The Kier molecular flexibility index (Phi) is 6.72. The molecule has 1 fully saturated rings. The van der Waals surface area contributed by atoms with Gasteiger partial charge in [0.25, 0.3) is 0 Å². The highest BCUT2D eigenvalue weighted by Crippen LogP contribution is 2.12. The fraction of sp³-hybridized carbons (Fsp3) is 0.412. The number of hydrogen-bond acceptors (Lipinski definition) is 4. The fourth-order valence-corrected chi connectivity index (χ4v) is 3.69. The molecule has 0 unspecified atom stereocenters. The lowest BCUT2D eigenvalue weighted by molar-refractivity contribution is -0.121. The van der Waals surface area contributed by atoms with E-state index in [0.29, 0.717) is 19.5 Å². The van der Waals surface area contributed by atoms with Crippen molar-refractivity contribution in [3.8, 4) is 0 Å². The Balaban J connectivity index is 1.74. The van der Waals surface area contributed by atoms with E-state index in [-0.39, 0.29) is 24.1 Å². The monoisotopic (exact) mass is 365 g/mol. The maximum atomic E-state index is 12.1. The van der Waals surface area contributed by atoms with Crippen molar-refractivity contribution in [1.29, 1.82) is 0 Å². The Hall–Kier alpha value is -2.19. The second-order valence-corrected chi connectivity index (χ2v) is 7.75. The summed E-state index contributed by atoms with van der Waals surface area (Å²) in [5.41, 5.74) is 0.910. The number of sulfonamides is 1. The second-order valence-electron chi connectivity index (χ2n) is 5.88. The van der Waals surface area contributed by atoms with E-state index in [4.69, 9.17) is 0 Å². The summed E-state index contributed by atoms with van der Waals surface area (Å²) in [5, 5.41) is 2.24. The third kappa shape index (κ3) is 6.32.